The topological polar surface area (TPSA) is 84.7 Å². The van der Waals surface area contributed by atoms with Crippen LogP contribution in [0.5, 0.6) is 0 Å². The second-order valence-corrected chi connectivity index (χ2v) is 6.72. The van der Waals surface area contributed by atoms with Crippen LogP contribution in [0.2, 0.25) is 0 Å². The molecular weight excluding hydrogens is 324 g/mol. The molecule has 24 heavy (non-hydrogen) atoms. The molecule has 0 amide bonds. The normalized spacial score (nSPS) is 15.1. The number of thiophene rings is 1. The lowest BCUT2D eigenvalue weighted by atomic mass is 10.1. The standard InChI is InChI=1S/C15H14N8S/c1-22-14-10(4-20-22)13(17-8-18-14)21-9-5-23(6-9)15-12-11(2-3-24-12)16-7-19-15/h2-4,7-9H,5-6H2,1H3,(H,17,18,21). The molecule has 5 rings (SSSR count). The molecule has 4 aromatic heterocycles. The molecular formula is C15H14N8S. The van der Waals surface area contributed by atoms with Crippen LogP contribution in [0.3, 0.4) is 0 Å². The van der Waals surface area contributed by atoms with Crippen LogP contribution in [0, 0.1) is 0 Å². The number of hydrogen-bond donors (Lipinski definition) is 1. The fourth-order valence-corrected chi connectivity index (χ4v) is 3.88. The van der Waals surface area contributed by atoms with Crippen LogP contribution in [0.4, 0.5) is 11.6 Å². The second kappa shape index (κ2) is 5.10. The molecule has 0 atom stereocenters. The minimum atomic E-state index is 0.327. The van der Waals surface area contributed by atoms with E-state index in [1.807, 2.05) is 13.1 Å². The van der Waals surface area contributed by atoms with Gasteiger partial charge in [-0.05, 0) is 11.4 Å². The van der Waals surface area contributed by atoms with Gasteiger partial charge in [0.15, 0.2) is 5.65 Å². The maximum atomic E-state index is 4.45. The predicted molar refractivity (Wildman–Crippen MR) is 93.3 cm³/mol. The van der Waals surface area contributed by atoms with Gasteiger partial charge in [0.1, 0.15) is 24.3 Å². The highest BCUT2D eigenvalue weighted by atomic mass is 32.1. The SMILES string of the molecule is Cn1ncc2c(NC3CN(c4ncnc5ccsc45)C3)ncnc21. The van der Waals surface area contributed by atoms with Crippen LogP contribution in [0.25, 0.3) is 21.3 Å². The molecule has 0 radical (unpaired) electrons. The molecule has 120 valence electrons. The first-order valence-electron chi connectivity index (χ1n) is 7.62. The van der Waals surface area contributed by atoms with E-state index < -0.39 is 0 Å². The Labute approximate surface area is 141 Å². The van der Waals surface area contributed by atoms with Crippen LogP contribution in [0.15, 0.2) is 30.3 Å². The van der Waals surface area contributed by atoms with Gasteiger partial charge in [0.05, 0.1) is 27.8 Å². The smallest absolute Gasteiger partial charge is 0.163 e. The van der Waals surface area contributed by atoms with E-state index in [1.54, 1.807) is 34.9 Å². The summed E-state index contributed by atoms with van der Waals surface area (Å²) in [4.78, 5) is 19.6. The van der Waals surface area contributed by atoms with Crippen LogP contribution >= 0.6 is 11.3 Å². The third kappa shape index (κ3) is 2.01. The van der Waals surface area contributed by atoms with Gasteiger partial charge < -0.3 is 10.2 Å². The van der Waals surface area contributed by atoms with Crippen molar-refractivity contribution in [2.45, 2.75) is 6.04 Å². The van der Waals surface area contributed by atoms with Crippen molar-refractivity contribution in [1.82, 2.24) is 29.7 Å². The van der Waals surface area contributed by atoms with E-state index in [2.05, 4.69) is 40.6 Å². The Hall–Kier alpha value is -2.81. The summed E-state index contributed by atoms with van der Waals surface area (Å²) in [7, 11) is 1.88. The Morgan fingerprint density at radius 3 is 2.96 bits per heavy atom. The Morgan fingerprint density at radius 2 is 2.04 bits per heavy atom. The zero-order valence-corrected chi connectivity index (χ0v) is 13.7. The first-order valence-corrected chi connectivity index (χ1v) is 8.50. The summed E-state index contributed by atoms with van der Waals surface area (Å²) >= 11 is 1.68. The predicted octanol–water partition coefficient (Wildman–Crippen LogP) is 1.67. The zero-order chi connectivity index (χ0) is 16.1. The van der Waals surface area contributed by atoms with Crippen LogP contribution in [-0.4, -0.2) is 48.8 Å². The number of hydrogen-bond acceptors (Lipinski definition) is 8. The van der Waals surface area contributed by atoms with Gasteiger partial charge in [-0.1, -0.05) is 0 Å². The number of aryl methyl sites for hydroxylation is 1. The van der Waals surface area contributed by atoms with E-state index in [1.165, 1.54) is 0 Å². The van der Waals surface area contributed by atoms with Gasteiger partial charge >= 0.3 is 0 Å². The monoisotopic (exact) mass is 338 g/mol. The Kier molecular flexibility index (Phi) is 2.89. The maximum absolute atomic E-state index is 4.45. The Morgan fingerprint density at radius 1 is 1.17 bits per heavy atom. The van der Waals surface area contributed by atoms with E-state index in [0.29, 0.717) is 6.04 Å². The zero-order valence-electron chi connectivity index (χ0n) is 12.9. The summed E-state index contributed by atoms with van der Waals surface area (Å²) in [6.07, 6.45) is 5.00. The van der Waals surface area contributed by atoms with Crippen molar-refractivity contribution in [2.24, 2.45) is 7.05 Å². The van der Waals surface area contributed by atoms with E-state index in [-0.39, 0.29) is 0 Å². The van der Waals surface area contributed by atoms with Gasteiger partial charge in [-0.25, -0.2) is 19.9 Å². The van der Waals surface area contributed by atoms with Gasteiger partial charge in [0.2, 0.25) is 0 Å². The van der Waals surface area contributed by atoms with Crippen molar-refractivity contribution < 1.29 is 0 Å². The molecule has 9 heteroatoms. The van der Waals surface area contributed by atoms with Gasteiger partial charge in [-0.3, -0.25) is 4.68 Å². The fraction of sp³-hybridized carbons (Fsp3) is 0.267. The molecule has 0 unspecified atom stereocenters. The summed E-state index contributed by atoms with van der Waals surface area (Å²) < 4.78 is 2.90. The van der Waals surface area contributed by atoms with Crippen molar-refractivity contribution in [2.75, 3.05) is 23.3 Å². The molecule has 0 spiro atoms. The number of aromatic nitrogens is 6. The summed E-state index contributed by atoms with van der Waals surface area (Å²) in [6, 6.07) is 2.36. The highest BCUT2D eigenvalue weighted by Crippen LogP contribution is 2.31. The molecule has 1 aliphatic rings. The van der Waals surface area contributed by atoms with Gasteiger partial charge in [-0.15, -0.1) is 11.3 Å². The molecule has 0 bridgehead atoms. The van der Waals surface area contributed by atoms with Crippen molar-refractivity contribution >= 4 is 44.2 Å². The van der Waals surface area contributed by atoms with Crippen molar-refractivity contribution in [3.8, 4) is 0 Å². The molecule has 1 aliphatic heterocycles. The fourth-order valence-electron chi connectivity index (χ4n) is 3.01. The van der Waals surface area contributed by atoms with Crippen LogP contribution in [-0.2, 0) is 7.05 Å². The van der Waals surface area contributed by atoms with Crippen molar-refractivity contribution in [3.63, 3.8) is 0 Å². The summed E-state index contributed by atoms with van der Waals surface area (Å²) in [5.74, 6) is 1.85. The lowest BCUT2D eigenvalue weighted by Crippen LogP contribution is -2.55. The minimum absolute atomic E-state index is 0.327. The number of fused-ring (bicyclic) bond motifs is 2. The molecule has 0 aliphatic carbocycles. The van der Waals surface area contributed by atoms with Crippen LogP contribution < -0.4 is 10.2 Å². The van der Waals surface area contributed by atoms with Gasteiger partial charge in [-0.2, -0.15) is 5.10 Å². The largest absolute Gasteiger partial charge is 0.363 e. The Bertz CT molecular complexity index is 1030. The third-order valence-corrected chi connectivity index (χ3v) is 5.18. The van der Waals surface area contributed by atoms with Crippen LogP contribution in [0.1, 0.15) is 0 Å². The van der Waals surface area contributed by atoms with Gasteiger partial charge in [0, 0.05) is 20.1 Å². The minimum Gasteiger partial charge on any atom is -0.363 e. The van der Waals surface area contributed by atoms with Crippen molar-refractivity contribution in [1.29, 1.82) is 0 Å². The molecule has 1 N–H and O–H groups in total. The highest BCUT2D eigenvalue weighted by molar-refractivity contribution is 7.17. The second-order valence-electron chi connectivity index (χ2n) is 5.81. The quantitative estimate of drug-likeness (QED) is 0.608. The average molecular weight is 338 g/mol. The number of rotatable bonds is 3. The molecule has 1 saturated heterocycles. The number of nitrogens with one attached hydrogen (secondary N) is 1. The number of nitrogens with zero attached hydrogens (tertiary/aromatic N) is 7. The Balaban J connectivity index is 1.36. The van der Waals surface area contributed by atoms with Gasteiger partial charge in [0.25, 0.3) is 0 Å². The van der Waals surface area contributed by atoms with E-state index >= 15 is 0 Å². The lowest BCUT2D eigenvalue weighted by molar-refractivity contribution is 0.545. The van der Waals surface area contributed by atoms with E-state index in [4.69, 9.17) is 0 Å². The first-order chi connectivity index (χ1) is 11.8. The molecule has 5 heterocycles. The summed E-state index contributed by atoms with van der Waals surface area (Å²) in [5, 5.41) is 10.7. The third-order valence-electron chi connectivity index (χ3n) is 4.28. The highest BCUT2D eigenvalue weighted by Gasteiger charge is 2.30. The summed E-state index contributed by atoms with van der Waals surface area (Å²) in [5.41, 5.74) is 1.84. The maximum Gasteiger partial charge on any atom is 0.163 e. The first kappa shape index (κ1) is 13.6. The van der Waals surface area contributed by atoms with E-state index in [0.717, 1.165) is 46.0 Å². The lowest BCUT2D eigenvalue weighted by Gasteiger charge is -2.40. The average Bonchev–Trinajstić information content (AvgIpc) is 3.18. The van der Waals surface area contributed by atoms with Crippen molar-refractivity contribution in [3.05, 3.63) is 30.3 Å². The molecule has 1 fully saturated rings. The summed E-state index contributed by atoms with van der Waals surface area (Å²) in [6.45, 7) is 1.77. The molecule has 0 aromatic carbocycles. The molecule has 8 nitrogen and oxygen atoms in total. The van der Waals surface area contributed by atoms with E-state index in [9.17, 15) is 0 Å². The molecule has 0 saturated carbocycles. The molecule has 4 aromatic rings. The number of anilines is 2.